The van der Waals surface area contributed by atoms with Crippen LogP contribution in [-0.4, -0.2) is 39.4 Å². The van der Waals surface area contributed by atoms with Gasteiger partial charge in [0, 0.05) is 24.7 Å². The first-order valence-electron chi connectivity index (χ1n) is 8.51. The highest BCUT2D eigenvalue weighted by Crippen LogP contribution is 2.19. The number of nitrogens with zero attached hydrogens (tertiary/aromatic N) is 4. The molecule has 0 unspecified atom stereocenters. The fourth-order valence-corrected chi connectivity index (χ4v) is 2.20. The van der Waals surface area contributed by atoms with Gasteiger partial charge in [-0.3, -0.25) is 4.79 Å². The predicted molar refractivity (Wildman–Crippen MR) is 101 cm³/mol. The molecule has 0 aliphatic heterocycles. The predicted octanol–water partition coefficient (Wildman–Crippen LogP) is 2.52. The van der Waals surface area contributed by atoms with E-state index in [1.54, 1.807) is 30.3 Å². The Kier molecular flexibility index (Phi) is 5.88. The lowest BCUT2D eigenvalue weighted by molar-refractivity contribution is 0.0955. The van der Waals surface area contributed by atoms with Crippen LogP contribution in [0, 0.1) is 13.8 Å². The van der Waals surface area contributed by atoms with Crippen LogP contribution in [0.4, 0.5) is 5.82 Å². The molecule has 2 N–H and O–H groups in total. The molecule has 3 rings (SSSR count). The van der Waals surface area contributed by atoms with Crippen LogP contribution in [0.15, 0.2) is 48.5 Å². The molecule has 0 aliphatic carbocycles. The van der Waals surface area contributed by atoms with Gasteiger partial charge in [0.2, 0.25) is 5.88 Å². The van der Waals surface area contributed by atoms with Crippen molar-refractivity contribution in [3.63, 3.8) is 0 Å². The maximum absolute atomic E-state index is 12.2. The fourth-order valence-electron chi connectivity index (χ4n) is 2.20. The number of nitrogens with one attached hydrogen (secondary N) is 2. The van der Waals surface area contributed by atoms with E-state index in [0.717, 1.165) is 11.4 Å². The van der Waals surface area contributed by atoms with Crippen LogP contribution in [0.25, 0.3) is 0 Å². The number of carbonyl (C=O) groups excluding carboxylic acids is 1. The van der Waals surface area contributed by atoms with E-state index in [-0.39, 0.29) is 5.91 Å². The molecule has 0 fully saturated rings. The van der Waals surface area contributed by atoms with Crippen molar-refractivity contribution in [2.75, 3.05) is 18.4 Å². The molecule has 0 spiro atoms. The molecular formula is C19H20N6O2. The van der Waals surface area contributed by atoms with Gasteiger partial charge in [-0.05, 0) is 56.3 Å². The van der Waals surface area contributed by atoms with Gasteiger partial charge in [-0.15, -0.1) is 10.2 Å². The first kappa shape index (κ1) is 18.2. The Morgan fingerprint density at radius 3 is 2.19 bits per heavy atom. The van der Waals surface area contributed by atoms with Gasteiger partial charge in [0.25, 0.3) is 5.91 Å². The summed E-state index contributed by atoms with van der Waals surface area (Å²) in [5, 5.41) is 21.8. The van der Waals surface area contributed by atoms with Gasteiger partial charge < -0.3 is 15.4 Å². The van der Waals surface area contributed by atoms with E-state index in [1.807, 2.05) is 32.0 Å². The molecule has 138 valence electrons. The van der Waals surface area contributed by atoms with Crippen molar-refractivity contribution in [1.29, 1.82) is 0 Å². The third-order valence-corrected chi connectivity index (χ3v) is 3.63. The van der Waals surface area contributed by atoms with E-state index in [4.69, 9.17) is 4.74 Å². The van der Waals surface area contributed by atoms with Crippen molar-refractivity contribution in [1.82, 2.24) is 25.7 Å². The van der Waals surface area contributed by atoms with Gasteiger partial charge >= 0.3 is 0 Å². The third-order valence-electron chi connectivity index (χ3n) is 3.63. The number of ether oxygens (including phenoxy) is 1. The number of hydrogen-bond donors (Lipinski definition) is 2. The van der Waals surface area contributed by atoms with E-state index >= 15 is 0 Å². The standard InChI is InChI=1S/C19H20N6O2/c1-13-3-9-17(24-22-13)20-11-12-21-19(26)15-5-7-16(8-6-15)27-18-10-4-14(2)23-25-18/h3-10H,11-12H2,1-2H3,(H,20,24)(H,21,26). The van der Waals surface area contributed by atoms with E-state index in [2.05, 4.69) is 31.0 Å². The maximum Gasteiger partial charge on any atom is 0.251 e. The van der Waals surface area contributed by atoms with Crippen LogP contribution in [-0.2, 0) is 0 Å². The lowest BCUT2D eigenvalue weighted by atomic mass is 10.2. The molecule has 8 nitrogen and oxygen atoms in total. The average Bonchev–Trinajstić information content (AvgIpc) is 2.69. The van der Waals surface area contributed by atoms with Crippen molar-refractivity contribution in [3.8, 4) is 11.6 Å². The summed E-state index contributed by atoms with van der Waals surface area (Å²) in [4.78, 5) is 12.2. The third kappa shape index (κ3) is 5.46. The molecule has 1 aromatic carbocycles. The van der Waals surface area contributed by atoms with Crippen molar-refractivity contribution >= 4 is 11.7 Å². The van der Waals surface area contributed by atoms with Crippen LogP contribution in [0.5, 0.6) is 11.6 Å². The molecule has 8 heteroatoms. The summed E-state index contributed by atoms with van der Waals surface area (Å²) in [5.74, 6) is 1.51. The second kappa shape index (κ2) is 8.70. The van der Waals surface area contributed by atoms with E-state index in [0.29, 0.717) is 36.1 Å². The molecule has 27 heavy (non-hydrogen) atoms. The van der Waals surface area contributed by atoms with Gasteiger partial charge in [-0.25, -0.2) is 0 Å². The highest BCUT2D eigenvalue weighted by atomic mass is 16.5. The van der Waals surface area contributed by atoms with Crippen LogP contribution < -0.4 is 15.4 Å². The van der Waals surface area contributed by atoms with Crippen molar-refractivity contribution in [2.45, 2.75) is 13.8 Å². The van der Waals surface area contributed by atoms with Gasteiger partial charge in [-0.1, -0.05) is 0 Å². The van der Waals surface area contributed by atoms with Gasteiger partial charge in [0.1, 0.15) is 11.6 Å². The Morgan fingerprint density at radius 1 is 0.852 bits per heavy atom. The lowest BCUT2D eigenvalue weighted by Crippen LogP contribution is -2.28. The first-order valence-corrected chi connectivity index (χ1v) is 8.51. The monoisotopic (exact) mass is 364 g/mol. The summed E-state index contributed by atoms with van der Waals surface area (Å²) in [6.07, 6.45) is 0. The average molecular weight is 364 g/mol. The molecule has 2 aromatic heterocycles. The minimum Gasteiger partial charge on any atom is -0.438 e. The molecule has 1 amide bonds. The number of aromatic nitrogens is 4. The molecule has 0 atom stereocenters. The fraction of sp³-hybridized carbons (Fsp3) is 0.211. The van der Waals surface area contributed by atoms with Crippen LogP contribution in [0.2, 0.25) is 0 Å². The largest absolute Gasteiger partial charge is 0.438 e. The zero-order chi connectivity index (χ0) is 19.1. The van der Waals surface area contributed by atoms with Gasteiger partial charge in [-0.2, -0.15) is 10.2 Å². The highest BCUT2D eigenvalue weighted by molar-refractivity contribution is 5.94. The summed E-state index contributed by atoms with van der Waals surface area (Å²) >= 11 is 0. The molecule has 0 saturated heterocycles. The highest BCUT2D eigenvalue weighted by Gasteiger charge is 2.06. The minimum absolute atomic E-state index is 0.159. The summed E-state index contributed by atoms with van der Waals surface area (Å²) in [6, 6.07) is 14.1. The Labute approximate surface area is 157 Å². The SMILES string of the molecule is Cc1ccc(NCCNC(=O)c2ccc(Oc3ccc(C)nn3)cc2)nn1. The Morgan fingerprint density at radius 2 is 1.56 bits per heavy atom. The van der Waals surface area contributed by atoms with E-state index in [1.165, 1.54) is 0 Å². The molecule has 0 radical (unpaired) electrons. The number of carbonyl (C=O) groups is 1. The van der Waals surface area contributed by atoms with Crippen LogP contribution in [0.3, 0.4) is 0 Å². The molecule has 2 heterocycles. The van der Waals surface area contributed by atoms with Crippen molar-refractivity contribution in [3.05, 3.63) is 65.5 Å². The second-order valence-corrected chi connectivity index (χ2v) is 5.88. The normalized spacial score (nSPS) is 10.3. The molecule has 0 bridgehead atoms. The molecular weight excluding hydrogens is 344 g/mol. The van der Waals surface area contributed by atoms with E-state index < -0.39 is 0 Å². The molecule has 0 aliphatic rings. The molecule has 0 saturated carbocycles. The van der Waals surface area contributed by atoms with Crippen LogP contribution in [0.1, 0.15) is 21.7 Å². The quantitative estimate of drug-likeness (QED) is 0.621. The summed E-state index contributed by atoms with van der Waals surface area (Å²) in [7, 11) is 0. The Hall–Kier alpha value is -3.55. The first-order chi connectivity index (χ1) is 13.1. The van der Waals surface area contributed by atoms with Gasteiger partial charge in [0.15, 0.2) is 0 Å². The zero-order valence-electron chi connectivity index (χ0n) is 15.1. The van der Waals surface area contributed by atoms with Crippen LogP contribution >= 0.6 is 0 Å². The zero-order valence-corrected chi connectivity index (χ0v) is 15.1. The van der Waals surface area contributed by atoms with Crippen molar-refractivity contribution in [2.24, 2.45) is 0 Å². The number of benzene rings is 1. The van der Waals surface area contributed by atoms with E-state index in [9.17, 15) is 4.79 Å². The smallest absolute Gasteiger partial charge is 0.251 e. The summed E-state index contributed by atoms with van der Waals surface area (Å²) in [5.41, 5.74) is 2.22. The minimum atomic E-state index is -0.159. The van der Waals surface area contributed by atoms with Crippen molar-refractivity contribution < 1.29 is 9.53 Å². The number of aryl methyl sites for hydroxylation is 2. The number of hydrogen-bond acceptors (Lipinski definition) is 7. The number of anilines is 1. The Bertz CT molecular complexity index is 880. The lowest BCUT2D eigenvalue weighted by Gasteiger charge is -2.08. The van der Waals surface area contributed by atoms with Gasteiger partial charge in [0.05, 0.1) is 11.4 Å². The summed E-state index contributed by atoms with van der Waals surface area (Å²) in [6.45, 7) is 4.75. The topological polar surface area (TPSA) is 102 Å². The second-order valence-electron chi connectivity index (χ2n) is 5.88. The molecule has 3 aromatic rings. The number of rotatable bonds is 7. The Balaban J connectivity index is 1.45. The summed E-state index contributed by atoms with van der Waals surface area (Å²) < 4.78 is 5.60. The maximum atomic E-state index is 12.2. The number of amides is 1.